The van der Waals surface area contributed by atoms with Gasteiger partial charge in [0.15, 0.2) is 11.5 Å². The van der Waals surface area contributed by atoms with Crippen LogP contribution in [-0.4, -0.2) is 20.2 Å². The van der Waals surface area contributed by atoms with Crippen molar-refractivity contribution in [3.8, 4) is 28.4 Å². The SMILES string of the molecule is COc1ccc2ccccc2c1-c1c(OC)c(OC(=O)c2ccccc2)cc2ccccc12. The molecule has 0 radical (unpaired) electrons. The van der Waals surface area contributed by atoms with Crippen molar-refractivity contribution >= 4 is 27.5 Å². The maximum Gasteiger partial charge on any atom is 0.343 e. The van der Waals surface area contributed by atoms with Crippen LogP contribution in [0.4, 0.5) is 0 Å². The van der Waals surface area contributed by atoms with Gasteiger partial charge in [0.25, 0.3) is 0 Å². The molecule has 5 aromatic carbocycles. The van der Waals surface area contributed by atoms with Crippen LogP contribution in [0.2, 0.25) is 0 Å². The Morgan fingerprint density at radius 2 is 1.24 bits per heavy atom. The molecule has 5 aromatic rings. The molecule has 0 aliphatic carbocycles. The number of hydrogen-bond acceptors (Lipinski definition) is 4. The number of hydrogen-bond donors (Lipinski definition) is 0. The molecule has 0 aromatic heterocycles. The van der Waals surface area contributed by atoms with Crippen LogP contribution in [-0.2, 0) is 0 Å². The fraction of sp³-hybridized carbons (Fsp3) is 0.0690. The molecule has 162 valence electrons. The first-order valence-corrected chi connectivity index (χ1v) is 10.6. The minimum Gasteiger partial charge on any atom is -0.496 e. The molecule has 0 aliphatic heterocycles. The molecule has 0 N–H and O–H groups in total. The van der Waals surface area contributed by atoms with Crippen molar-refractivity contribution in [3.63, 3.8) is 0 Å². The Balaban J connectivity index is 1.82. The van der Waals surface area contributed by atoms with E-state index in [1.54, 1.807) is 38.5 Å². The van der Waals surface area contributed by atoms with E-state index >= 15 is 0 Å². The van der Waals surface area contributed by atoms with Gasteiger partial charge in [0.2, 0.25) is 0 Å². The van der Waals surface area contributed by atoms with Gasteiger partial charge in [-0.15, -0.1) is 0 Å². The summed E-state index contributed by atoms with van der Waals surface area (Å²) in [5.74, 6) is 1.10. The maximum absolute atomic E-state index is 12.9. The highest BCUT2D eigenvalue weighted by atomic mass is 16.6. The Morgan fingerprint density at radius 1 is 0.606 bits per heavy atom. The van der Waals surface area contributed by atoms with E-state index in [1.165, 1.54) is 0 Å². The van der Waals surface area contributed by atoms with Crippen LogP contribution in [0.1, 0.15) is 10.4 Å². The predicted molar refractivity (Wildman–Crippen MR) is 131 cm³/mol. The van der Waals surface area contributed by atoms with Gasteiger partial charge in [-0.3, -0.25) is 0 Å². The number of rotatable bonds is 5. The minimum atomic E-state index is -0.444. The molecule has 4 nitrogen and oxygen atoms in total. The summed E-state index contributed by atoms with van der Waals surface area (Å²) in [6.07, 6.45) is 0. The van der Waals surface area contributed by atoms with Crippen molar-refractivity contribution < 1.29 is 19.0 Å². The number of ether oxygens (including phenoxy) is 3. The van der Waals surface area contributed by atoms with Gasteiger partial charge < -0.3 is 14.2 Å². The Morgan fingerprint density at radius 3 is 1.94 bits per heavy atom. The summed E-state index contributed by atoms with van der Waals surface area (Å²) in [7, 11) is 3.24. The fourth-order valence-corrected chi connectivity index (χ4v) is 4.24. The number of carbonyl (C=O) groups excluding carboxylic acids is 1. The van der Waals surface area contributed by atoms with Crippen molar-refractivity contribution in [2.45, 2.75) is 0 Å². The highest BCUT2D eigenvalue weighted by molar-refractivity contribution is 6.11. The highest BCUT2D eigenvalue weighted by Crippen LogP contribution is 2.49. The lowest BCUT2D eigenvalue weighted by Crippen LogP contribution is -2.09. The largest absolute Gasteiger partial charge is 0.496 e. The normalized spacial score (nSPS) is 10.8. The third kappa shape index (κ3) is 3.66. The summed E-state index contributed by atoms with van der Waals surface area (Å²) in [6, 6.07) is 30.9. The van der Waals surface area contributed by atoms with Crippen LogP contribution in [0.5, 0.6) is 17.2 Å². The molecule has 0 saturated carbocycles. The molecule has 0 atom stereocenters. The molecule has 0 aliphatic rings. The smallest absolute Gasteiger partial charge is 0.343 e. The Bertz CT molecular complexity index is 1470. The quantitative estimate of drug-likeness (QED) is 0.223. The number of carbonyl (C=O) groups is 1. The molecule has 33 heavy (non-hydrogen) atoms. The molecule has 0 spiro atoms. The topological polar surface area (TPSA) is 44.8 Å². The molecule has 0 bridgehead atoms. The van der Waals surface area contributed by atoms with Crippen molar-refractivity contribution in [3.05, 3.63) is 103 Å². The first kappa shape index (κ1) is 20.6. The Hall–Kier alpha value is -4.31. The summed E-state index contributed by atoms with van der Waals surface area (Å²) >= 11 is 0. The number of fused-ring (bicyclic) bond motifs is 2. The lowest BCUT2D eigenvalue weighted by atomic mass is 9.92. The highest BCUT2D eigenvalue weighted by Gasteiger charge is 2.23. The molecule has 0 heterocycles. The average Bonchev–Trinajstić information content (AvgIpc) is 2.87. The summed E-state index contributed by atoms with van der Waals surface area (Å²) in [5, 5.41) is 4.00. The molecule has 0 unspecified atom stereocenters. The van der Waals surface area contributed by atoms with Gasteiger partial charge in [0.1, 0.15) is 5.75 Å². The van der Waals surface area contributed by atoms with Crippen LogP contribution in [0.3, 0.4) is 0 Å². The Kier molecular flexibility index (Phi) is 5.41. The summed E-state index contributed by atoms with van der Waals surface area (Å²) in [4.78, 5) is 12.9. The summed E-state index contributed by atoms with van der Waals surface area (Å²) < 4.78 is 17.5. The number of methoxy groups -OCH3 is 2. The molecule has 0 saturated heterocycles. The van der Waals surface area contributed by atoms with Gasteiger partial charge >= 0.3 is 5.97 Å². The lowest BCUT2D eigenvalue weighted by Gasteiger charge is -2.20. The zero-order valence-electron chi connectivity index (χ0n) is 18.4. The van der Waals surface area contributed by atoms with Crippen molar-refractivity contribution in [1.82, 2.24) is 0 Å². The summed E-state index contributed by atoms with van der Waals surface area (Å²) in [6.45, 7) is 0. The van der Waals surface area contributed by atoms with Crippen molar-refractivity contribution in [2.24, 2.45) is 0 Å². The van der Waals surface area contributed by atoms with Crippen LogP contribution < -0.4 is 14.2 Å². The first-order chi connectivity index (χ1) is 16.2. The van der Waals surface area contributed by atoms with E-state index in [2.05, 4.69) is 12.1 Å². The van der Waals surface area contributed by atoms with Gasteiger partial charge in [-0.1, -0.05) is 72.8 Å². The van der Waals surface area contributed by atoms with E-state index in [4.69, 9.17) is 14.2 Å². The first-order valence-electron chi connectivity index (χ1n) is 10.6. The fourth-order valence-electron chi connectivity index (χ4n) is 4.24. The van der Waals surface area contributed by atoms with Crippen LogP contribution >= 0.6 is 0 Å². The van der Waals surface area contributed by atoms with E-state index in [9.17, 15) is 4.79 Å². The molecular weight excluding hydrogens is 412 g/mol. The minimum absolute atomic E-state index is 0.357. The second kappa shape index (κ2) is 8.67. The molecule has 0 amide bonds. The Labute approximate surface area is 192 Å². The zero-order chi connectivity index (χ0) is 22.8. The van der Waals surface area contributed by atoms with Crippen LogP contribution in [0.15, 0.2) is 97.1 Å². The van der Waals surface area contributed by atoms with Crippen LogP contribution in [0, 0.1) is 0 Å². The van der Waals surface area contributed by atoms with Gasteiger partial charge in [0.05, 0.1) is 19.8 Å². The van der Waals surface area contributed by atoms with E-state index in [0.29, 0.717) is 22.8 Å². The van der Waals surface area contributed by atoms with Gasteiger partial charge in [-0.05, 0) is 45.8 Å². The zero-order valence-corrected chi connectivity index (χ0v) is 18.4. The van der Waals surface area contributed by atoms with Gasteiger partial charge in [-0.25, -0.2) is 4.79 Å². The molecule has 5 rings (SSSR count). The third-order valence-electron chi connectivity index (χ3n) is 5.74. The number of benzene rings is 5. The van der Waals surface area contributed by atoms with E-state index in [1.807, 2.05) is 60.7 Å². The molecular formula is C29H22O4. The van der Waals surface area contributed by atoms with E-state index < -0.39 is 5.97 Å². The van der Waals surface area contributed by atoms with Gasteiger partial charge in [0, 0.05) is 11.1 Å². The van der Waals surface area contributed by atoms with E-state index in [-0.39, 0.29) is 0 Å². The molecule has 4 heteroatoms. The standard InChI is InChI=1S/C29H22O4/c1-31-24-17-16-19-10-6-8-14-22(19)26(24)27-23-15-9-7-13-21(23)18-25(28(27)32-2)33-29(30)20-11-4-3-5-12-20/h3-18H,1-2H3. The summed E-state index contributed by atoms with van der Waals surface area (Å²) in [5.41, 5.74) is 2.18. The predicted octanol–water partition coefficient (Wildman–Crippen LogP) is 6.90. The lowest BCUT2D eigenvalue weighted by molar-refractivity contribution is 0.0730. The van der Waals surface area contributed by atoms with E-state index in [0.717, 1.165) is 32.7 Å². The number of esters is 1. The molecule has 0 fully saturated rings. The average molecular weight is 434 g/mol. The monoisotopic (exact) mass is 434 g/mol. The van der Waals surface area contributed by atoms with Crippen molar-refractivity contribution in [2.75, 3.05) is 14.2 Å². The second-order valence-electron chi connectivity index (χ2n) is 7.62. The maximum atomic E-state index is 12.9. The van der Waals surface area contributed by atoms with Crippen molar-refractivity contribution in [1.29, 1.82) is 0 Å². The third-order valence-corrected chi connectivity index (χ3v) is 5.74. The van der Waals surface area contributed by atoms with Gasteiger partial charge in [-0.2, -0.15) is 0 Å². The van der Waals surface area contributed by atoms with Crippen LogP contribution in [0.25, 0.3) is 32.7 Å². The second-order valence-corrected chi connectivity index (χ2v) is 7.62.